The maximum atomic E-state index is 14.1. The number of rotatable bonds is 6. The molecular formula is C31H24F3N3O4. The van der Waals surface area contributed by atoms with Gasteiger partial charge in [-0.1, -0.05) is 49.4 Å². The van der Waals surface area contributed by atoms with E-state index in [4.69, 9.17) is 0 Å². The van der Waals surface area contributed by atoms with E-state index in [9.17, 15) is 33.3 Å². The molecule has 0 atom stereocenters. The second-order valence-electron chi connectivity index (χ2n) is 9.48. The third-order valence-corrected chi connectivity index (χ3v) is 6.94. The molecule has 0 bridgehead atoms. The van der Waals surface area contributed by atoms with E-state index in [2.05, 4.69) is 15.2 Å². The number of benzene rings is 4. The number of para-hydroxylation sites is 1. The summed E-state index contributed by atoms with van der Waals surface area (Å²) in [5.74, 6) is -1.90. The Kier molecular flexibility index (Phi) is 7.00. The minimum Gasteiger partial charge on any atom is -0.505 e. The number of fused-ring (bicyclic) bond motifs is 1. The summed E-state index contributed by atoms with van der Waals surface area (Å²) >= 11 is 0. The molecule has 0 fully saturated rings. The van der Waals surface area contributed by atoms with E-state index in [0.29, 0.717) is 16.7 Å². The number of H-pyrrole nitrogens is 1. The van der Waals surface area contributed by atoms with Crippen molar-refractivity contribution in [3.63, 3.8) is 0 Å². The number of carboxylic acids is 1. The molecule has 0 radical (unpaired) electrons. The monoisotopic (exact) mass is 559 g/mol. The number of alkyl halides is 3. The lowest BCUT2D eigenvalue weighted by Crippen LogP contribution is -2.07. The number of phenols is 1. The maximum Gasteiger partial charge on any atom is 0.417 e. The summed E-state index contributed by atoms with van der Waals surface area (Å²) < 4.78 is 42.3. The van der Waals surface area contributed by atoms with E-state index in [1.165, 1.54) is 24.3 Å². The highest BCUT2D eigenvalue weighted by Gasteiger charge is 2.35. The lowest BCUT2D eigenvalue weighted by atomic mass is 9.93. The molecule has 10 heteroatoms. The van der Waals surface area contributed by atoms with Crippen molar-refractivity contribution in [3.05, 3.63) is 95.1 Å². The number of azo groups is 1. The second-order valence-corrected chi connectivity index (χ2v) is 9.48. The number of nitrogens with zero attached hydrogens (tertiary/aromatic N) is 2. The van der Waals surface area contributed by atoms with Gasteiger partial charge in [0.25, 0.3) is 0 Å². The molecule has 0 saturated carbocycles. The fraction of sp³-hybridized carbons (Fsp3) is 0.129. The molecule has 0 spiro atoms. The molecule has 0 aliphatic heterocycles. The van der Waals surface area contributed by atoms with Crippen LogP contribution >= 0.6 is 0 Å². The van der Waals surface area contributed by atoms with Gasteiger partial charge in [0.2, 0.25) is 5.88 Å². The summed E-state index contributed by atoms with van der Waals surface area (Å²) in [4.78, 5) is 14.0. The number of nitrogens with one attached hydrogen (secondary N) is 1. The van der Waals surface area contributed by atoms with Crippen LogP contribution in [0.25, 0.3) is 33.2 Å². The number of hydrogen-bond donors (Lipinski definition) is 4. The average Bonchev–Trinajstić information content (AvgIpc) is 3.26. The van der Waals surface area contributed by atoms with Gasteiger partial charge >= 0.3 is 12.1 Å². The van der Waals surface area contributed by atoms with Crippen LogP contribution in [0.2, 0.25) is 0 Å². The Labute approximate surface area is 232 Å². The Bertz CT molecular complexity index is 1840. The molecule has 0 saturated heterocycles. The van der Waals surface area contributed by atoms with E-state index < -0.39 is 23.6 Å². The Morgan fingerprint density at radius 3 is 2.37 bits per heavy atom. The van der Waals surface area contributed by atoms with Crippen molar-refractivity contribution in [1.82, 2.24) is 4.98 Å². The fourth-order valence-corrected chi connectivity index (χ4v) is 4.89. The quantitative estimate of drug-likeness (QED) is 0.155. The van der Waals surface area contributed by atoms with Crippen molar-refractivity contribution in [2.75, 3.05) is 0 Å². The predicted octanol–water partition coefficient (Wildman–Crippen LogP) is 8.92. The number of hydrogen-bond acceptors (Lipinski definition) is 5. The van der Waals surface area contributed by atoms with Crippen LogP contribution in [0.15, 0.2) is 83.0 Å². The van der Waals surface area contributed by atoms with Gasteiger partial charge in [0.1, 0.15) is 5.69 Å². The summed E-state index contributed by atoms with van der Waals surface area (Å²) in [7, 11) is 0. The Hall–Kier alpha value is -5.12. The number of aromatic amines is 1. The molecule has 208 valence electrons. The zero-order valence-electron chi connectivity index (χ0n) is 21.9. The summed E-state index contributed by atoms with van der Waals surface area (Å²) in [5, 5.41) is 39.2. The molecule has 5 rings (SSSR count). The molecule has 0 amide bonds. The molecular weight excluding hydrogens is 535 g/mol. The summed E-state index contributed by atoms with van der Waals surface area (Å²) in [5.41, 5.74) is 1.90. The van der Waals surface area contributed by atoms with Crippen LogP contribution in [-0.2, 0) is 12.6 Å². The van der Waals surface area contributed by atoms with Crippen molar-refractivity contribution >= 4 is 28.2 Å². The number of phenolic OH excluding ortho intramolecular Hbond substituents is 1. The molecule has 0 unspecified atom stereocenters. The van der Waals surface area contributed by atoms with Crippen LogP contribution in [0.3, 0.4) is 0 Å². The highest BCUT2D eigenvalue weighted by Crippen LogP contribution is 2.47. The van der Waals surface area contributed by atoms with Gasteiger partial charge in [-0.3, -0.25) is 0 Å². The number of aromatic carboxylic acids is 1. The molecule has 5 aromatic rings. The highest BCUT2D eigenvalue weighted by atomic mass is 19.4. The SMILES string of the molecule is CCc1ccc(-c2c(C(F)(F)F)ccc3c(N=Nc4cccc(-c5cccc(C(=O)O)c5)c4O)c(O)[nH]c23)cc1C. The molecule has 4 N–H and O–H groups in total. The number of aryl methyl sites for hydroxylation is 2. The first-order valence-corrected chi connectivity index (χ1v) is 12.6. The van der Waals surface area contributed by atoms with Gasteiger partial charge in [-0.15, -0.1) is 10.2 Å². The van der Waals surface area contributed by atoms with Crippen molar-refractivity contribution in [1.29, 1.82) is 0 Å². The number of aromatic hydroxyl groups is 2. The first-order valence-electron chi connectivity index (χ1n) is 12.6. The number of halogens is 3. The van der Waals surface area contributed by atoms with E-state index in [-0.39, 0.29) is 39.2 Å². The number of aromatic nitrogens is 1. The summed E-state index contributed by atoms with van der Waals surface area (Å²) in [6.07, 6.45) is -3.93. The largest absolute Gasteiger partial charge is 0.505 e. The molecule has 1 aromatic heterocycles. The van der Waals surface area contributed by atoms with Gasteiger partial charge in [-0.25, -0.2) is 4.79 Å². The van der Waals surface area contributed by atoms with Gasteiger partial charge in [0.05, 0.1) is 16.6 Å². The molecule has 0 aliphatic carbocycles. The van der Waals surface area contributed by atoms with E-state index in [0.717, 1.165) is 23.6 Å². The van der Waals surface area contributed by atoms with E-state index in [1.54, 1.807) is 42.5 Å². The predicted molar refractivity (Wildman–Crippen MR) is 149 cm³/mol. The van der Waals surface area contributed by atoms with E-state index >= 15 is 0 Å². The Balaban J connectivity index is 1.62. The van der Waals surface area contributed by atoms with Crippen molar-refractivity contribution in [2.24, 2.45) is 10.2 Å². The maximum absolute atomic E-state index is 14.1. The minimum absolute atomic E-state index is 0.00916. The van der Waals surface area contributed by atoms with Crippen LogP contribution in [-0.4, -0.2) is 26.3 Å². The van der Waals surface area contributed by atoms with Crippen LogP contribution in [0.5, 0.6) is 11.6 Å². The summed E-state index contributed by atoms with van der Waals surface area (Å²) in [6.45, 7) is 3.80. The molecule has 1 heterocycles. The smallest absolute Gasteiger partial charge is 0.417 e. The first-order chi connectivity index (χ1) is 19.5. The second kappa shape index (κ2) is 10.5. The van der Waals surface area contributed by atoms with Crippen LogP contribution in [0.1, 0.15) is 34.0 Å². The zero-order chi connectivity index (χ0) is 29.5. The third-order valence-electron chi connectivity index (χ3n) is 6.94. The normalized spacial score (nSPS) is 11.9. The van der Waals surface area contributed by atoms with Gasteiger partial charge in [0, 0.05) is 16.5 Å². The standard InChI is InChI=1S/C31H24F3N3O4/c1-3-17-10-11-19(14-16(17)2)25-23(31(32,33)34)13-12-22-26(25)35-29(39)27(22)37-36-24-9-5-8-21(28(24)38)18-6-4-7-20(15-18)30(40)41/h4-15,35,38-39H,3H2,1-2H3,(H,40,41). The fourth-order valence-electron chi connectivity index (χ4n) is 4.89. The van der Waals surface area contributed by atoms with Crippen LogP contribution < -0.4 is 0 Å². The molecule has 7 nitrogen and oxygen atoms in total. The highest BCUT2D eigenvalue weighted by molar-refractivity contribution is 6.04. The van der Waals surface area contributed by atoms with Crippen molar-refractivity contribution in [2.45, 2.75) is 26.4 Å². The van der Waals surface area contributed by atoms with Gasteiger partial charge in [0.15, 0.2) is 11.4 Å². The van der Waals surface area contributed by atoms with Crippen molar-refractivity contribution in [3.8, 4) is 33.9 Å². The summed E-state index contributed by atoms with van der Waals surface area (Å²) in [6, 6.07) is 17.9. The zero-order valence-corrected chi connectivity index (χ0v) is 21.9. The average molecular weight is 560 g/mol. The first kappa shape index (κ1) is 27.4. The number of carbonyl (C=O) groups is 1. The van der Waals surface area contributed by atoms with Gasteiger partial charge < -0.3 is 20.3 Å². The molecule has 0 aliphatic rings. The van der Waals surface area contributed by atoms with Crippen molar-refractivity contribution < 1.29 is 33.3 Å². The van der Waals surface area contributed by atoms with E-state index in [1.807, 2.05) is 13.8 Å². The number of carboxylic acid groups (broad SMARTS) is 1. The minimum atomic E-state index is -4.66. The Morgan fingerprint density at radius 1 is 0.927 bits per heavy atom. The topological polar surface area (TPSA) is 118 Å². The van der Waals surface area contributed by atoms with Gasteiger partial charge in [-0.05, 0) is 65.9 Å². The lowest BCUT2D eigenvalue weighted by Gasteiger charge is -2.15. The third kappa shape index (κ3) is 5.11. The molecule has 41 heavy (non-hydrogen) atoms. The lowest BCUT2D eigenvalue weighted by molar-refractivity contribution is -0.137. The molecule has 4 aromatic carbocycles. The van der Waals surface area contributed by atoms with Gasteiger partial charge in [-0.2, -0.15) is 13.2 Å². The Morgan fingerprint density at radius 2 is 1.68 bits per heavy atom. The van der Waals surface area contributed by atoms with Crippen LogP contribution in [0.4, 0.5) is 24.5 Å². The van der Waals surface area contributed by atoms with Crippen LogP contribution in [0, 0.1) is 6.92 Å².